The molecule has 0 radical (unpaired) electrons. The topological polar surface area (TPSA) is 57.0 Å². The first-order valence-corrected chi connectivity index (χ1v) is 15.0. The summed E-state index contributed by atoms with van der Waals surface area (Å²) in [5.74, 6) is 0.568. The van der Waals surface area contributed by atoms with Gasteiger partial charge in [-0.1, -0.05) is 115 Å². The van der Waals surface area contributed by atoms with E-state index in [0.29, 0.717) is 5.95 Å². The highest BCUT2D eigenvalue weighted by molar-refractivity contribution is 6.38. The van der Waals surface area contributed by atoms with Crippen LogP contribution in [0.5, 0.6) is 0 Å². The number of benzene rings is 6. The van der Waals surface area contributed by atoms with Crippen molar-refractivity contribution in [3.05, 3.63) is 140 Å². The van der Waals surface area contributed by atoms with Crippen molar-refractivity contribution in [2.45, 2.75) is 0 Å². The molecular formula is C40H23N3O2. The van der Waals surface area contributed by atoms with E-state index in [2.05, 4.69) is 83.4 Å². The van der Waals surface area contributed by atoms with Crippen LogP contribution in [0.15, 0.2) is 148 Å². The van der Waals surface area contributed by atoms with Crippen LogP contribution in [-0.4, -0.2) is 14.5 Å². The molecule has 0 spiro atoms. The zero-order valence-corrected chi connectivity index (χ0v) is 23.9. The molecule has 0 saturated carbocycles. The predicted molar refractivity (Wildman–Crippen MR) is 182 cm³/mol. The number of aromatic nitrogens is 3. The average Bonchev–Trinajstić information content (AvgIpc) is 3.78. The fourth-order valence-electron chi connectivity index (χ4n) is 6.87. The Morgan fingerprint density at radius 1 is 0.444 bits per heavy atom. The second-order valence-electron chi connectivity index (χ2n) is 11.4. The van der Waals surface area contributed by atoms with Gasteiger partial charge in [-0.3, -0.25) is 4.57 Å². The van der Waals surface area contributed by atoms with Gasteiger partial charge < -0.3 is 8.83 Å². The van der Waals surface area contributed by atoms with Crippen LogP contribution in [0.1, 0.15) is 0 Å². The third-order valence-electron chi connectivity index (χ3n) is 8.81. The van der Waals surface area contributed by atoms with Gasteiger partial charge in [0.15, 0.2) is 5.58 Å². The molecule has 0 saturated heterocycles. The zero-order valence-electron chi connectivity index (χ0n) is 23.9. The van der Waals surface area contributed by atoms with Crippen molar-refractivity contribution in [3.8, 4) is 28.5 Å². The highest BCUT2D eigenvalue weighted by Gasteiger charge is 2.27. The second-order valence-corrected chi connectivity index (χ2v) is 11.4. The molecule has 0 unspecified atom stereocenters. The smallest absolute Gasteiger partial charge is 0.235 e. The van der Waals surface area contributed by atoms with E-state index in [1.165, 1.54) is 0 Å². The summed E-state index contributed by atoms with van der Waals surface area (Å²) >= 11 is 0. The fourth-order valence-corrected chi connectivity index (χ4v) is 6.87. The monoisotopic (exact) mass is 577 g/mol. The van der Waals surface area contributed by atoms with Crippen LogP contribution >= 0.6 is 0 Å². The van der Waals surface area contributed by atoms with Gasteiger partial charge >= 0.3 is 0 Å². The summed E-state index contributed by atoms with van der Waals surface area (Å²) in [5, 5.41) is 6.24. The number of rotatable bonds is 3. The first-order valence-electron chi connectivity index (χ1n) is 15.0. The molecule has 210 valence electrons. The molecule has 10 aromatic rings. The van der Waals surface area contributed by atoms with Gasteiger partial charge in [-0.15, -0.1) is 0 Å². The number of hydrogen-bond acceptors (Lipinski definition) is 4. The van der Waals surface area contributed by atoms with Crippen molar-refractivity contribution in [1.82, 2.24) is 14.5 Å². The lowest BCUT2D eigenvalue weighted by Gasteiger charge is -2.12. The van der Waals surface area contributed by atoms with Crippen LogP contribution in [0.4, 0.5) is 0 Å². The molecular weight excluding hydrogens is 554 g/mol. The molecule has 4 aromatic heterocycles. The standard InChI is InChI=1S/C40H23N3O2/c1-3-13-24(14-4-1)29-23-30(25-15-5-2-6-16-25)42-40(41-29)43-31-20-10-7-17-26(31)36-37(43)39-35(28-19-9-12-22-33(28)45-39)34-27-18-8-11-21-32(27)44-38(34)36/h1-23H. The summed E-state index contributed by atoms with van der Waals surface area (Å²) in [6, 6.07) is 47.5. The number of furan rings is 2. The van der Waals surface area contributed by atoms with Crippen LogP contribution in [-0.2, 0) is 0 Å². The van der Waals surface area contributed by atoms with Crippen molar-refractivity contribution in [2.75, 3.05) is 0 Å². The largest absolute Gasteiger partial charge is 0.455 e. The molecule has 6 aromatic carbocycles. The van der Waals surface area contributed by atoms with E-state index in [9.17, 15) is 0 Å². The van der Waals surface area contributed by atoms with Crippen molar-refractivity contribution in [3.63, 3.8) is 0 Å². The molecule has 45 heavy (non-hydrogen) atoms. The molecule has 5 nitrogen and oxygen atoms in total. The Bertz CT molecular complexity index is 2700. The van der Waals surface area contributed by atoms with Crippen molar-refractivity contribution in [2.24, 2.45) is 0 Å². The summed E-state index contributed by atoms with van der Waals surface area (Å²) in [6.45, 7) is 0. The Labute approximate surface area is 256 Å². The van der Waals surface area contributed by atoms with Crippen molar-refractivity contribution < 1.29 is 8.83 Å². The van der Waals surface area contributed by atoms with Gasteiger partial charge in [0.25, 0.3) is 0 Å². The lowest BCUT2D eigenvalue weighted by molar-refractivity contribution is 0.667. The maximum Gasteiger partial charge on any atom is 0.235 e. The van der Waals surface area contributed by atoms with Gasteiger partial charge in [0.05, 0.1) is 22.3 Å². The Hall–Kier alpha value is -6.20. The van der Waals surface area contributed by atoms with E-state index < -0.39 is 0 Å². The molecule has 5 heteroatoms. The Morgan fingerprint density at radius 3 is 1.56 bits per heavy atom. The average molecular weight is 578 g/mol. The summed E-state index contributed by atoms with van der Waals surface area (Å²) in [6.07, 6.45) is 0. The maximum absolute atomic E-state index is 6.80. The van der Waals surface area contributed by atoms with E-state index >= 15 is 0 Å². The molecule has 0 fully saturated rings. The normalized spacial score (nSPS) is 12.0. The molecule has 0 bridgehead atoms. The maximum atomic E-state index is 6.80. The minimum atomic E-state index is 0.568. The van der Waals surface area contributed by atoms with Crippen LogP contribution in [0, 0.1) is 0 Å². The van der Waals surface area contributed by atoms with E-state index in [1.54, 1.807) is 0 Å². The van der Waals surface area contributed by atoms with E-state index in [-0.39, 0.29) is 0 Å². The number of hydrogen-bond donors (Lipinski definition) is 0. The second kappa shape index (κ2) is 9.15. The third-order valence-corrected chi connectivity index (χ3v) is 8.81. The van der Waals surface area contributed by atoms with Crippen LogP contribution < -0.4 is 0 Å². The lowest BCUT2D eigenvalue weighted by atomic mass is 10.0. The van der Waals surface area contributed by atoms with E-state index in [0.717, 1.165) is 88.2 Å². The summed E-state index contributed by atoms with van der Waals surface area (Å²) < 4.78 is 15.7. The predicted octanol–water partition coefficient (Wildman–Crippen LogP) is 10.7. The van der Waals surface area contributed by atoms with Gasteiger partial charge in [0.1, 0.15) is 22.3 Å². The molecule has 0 atom stereocenters. The third kappa shape index (κ3) is 3.43. The number of fused-ring (bicyclic) bond motifs is 12. The van der Waals surface area contributed by atoms with Gasteiger partial charge in [-0.25, -0.2) is 9.97 Å². The Morgan fingerprint density at radius 2 is 0.933 bits per heavy atom. The van der Waals surface area contributed by atoms with Gasteiger partial charge in [-0.2, -0.15) is 0 Å². The van der Waals surface area contributed by atoms with Crippen LogP contribution in [0.25, 0.3) is 94.1 Å². The Kier molecular flexibility index (Phi) is 4.93. The van der Waals surface area contributed by atoms with Crippen LogP contribution in [0.2, 0.25) is 0 Å². The number of nitrogens with zero attached hydrogens (tertiary/aromatic N) is 3. The van der Waals surface area contributed by atoms with Crippen molar-refractivity contribution in [1.29, 1.82) is 0 Å². The minimum Gasteiger partial charge on any atom is -0.455 e. The van der Waals surface area contributed by atoms with Gasteiger partial charge in [0, 0.05) is 38.1 Å². The molecule has 0 N–H and O–H groups in total. The van der Waals surface area contributed by atoms with Crippen LogP contribution in [0.3, 0.4) is 0 Å². The van der Waals surface area contributed by atoms with E-state index in [4.69, 9.17) is 18.8 Å². The molecule has 0 aliphatic carbocycles. The fraction of sp³-hybridized carbons (Fsp3) is 0. The quantitative estimate of drug-likeness (QED) is 0.210. The van der Waals surface area contributed by atoms with Crippen molar-refractivity contribution >= 4 is 65.7 Å². The number of para-hydroxylation sites is 3. The highest BCUT2D eigenvalue weighted by Crippen LogP contribution is 2.48. The Balaban J connectivity index is 1.44. The first kappa shape index (κ1) is 24.3. The molecule has 0 aliphatic heterocycles. The first-order chi connectivity index (χ1) is 22.3. The summed E-state index contributed by atoms with van der Waals surface area (Å²) in [4.78, 5) is 10.5. The molecule has 0 aliphatic rings. The van der Waals surface area contributed by atoms with Gasteiger partial charge in [-0.05, 0) is 24.3 Å². The summed E-state index contributed by atoms with van der Waals surface area (Å²) in [5.41, 5.74) is 8.89. The summed E-state index contributed by atoms with van der Waals surface area (Å²) in [7, 11) is 0. The van der Waals surface area contributed by atoms with Gasteiger partial charge in [0.2, 0.25) is 5.95 Å². The van der Waals surface area contributed by atoms with E-state index in [1.807, 2.05) is 60.7 Å². The molecule has 10 rings (SSSR count). The SMILES string of the molecule is c1ccc(-c2cc(-c3ccccc3)nc(-n3c4ccccc4c4c5oc6ccccc6c5c5c6ccccc6oc5c43)n2)cc1. The minimum absolute atomic E-state index is 0.568. The molecule has 4 heterocycles. The lowest BCUT2D eigenvalue weighted by Crippen LogP contribution is -2.04. The molecule has 0 amide bonds. The zero-order chi connectivity index (χ0) is 29.5. The highest BCUT2D eigenvalue weighted by atomic mass is 16.3.